The molecule has 0 aliphatic carbocycles. The summed E-state index contributed by atoms with van der Waals surface area (Å²) < 4.78 is 10.0. The molecule has 35 heavy (non-hydrogen) atoms. The van der Waals surface area contributed by atoms with E-state index < -0.39 is 18.1 Å². The molecule has 0 saturated heterocycles. The Kier molecular flexibility index (Phi) is 9.98. The van der Waals surface area contributed by atoms with Crippen molar-refractivity contribution in [1.82, 2.24) is 20.6 Å². The van der Waals surface area contributed by atoms with Crippen LogP contribution in [0.3, 0.4) is 0 Å². The van der Waals surface area contributed by atoms with Gasteiger partial charge >= 0.3 is 12.1 Å². The van der Waals surface area contributed by atoms with E-state index in [2.05, 4.69) is 20.6 Å². The highest BCUT2D eigenvalue weighted by Crippen LogP contribution is 2.11. The fourth-order valence-corrected chi connectivity index (χ4v) is 3.46. The number of alkyl carbamates (subject to hydrolysis) is 1. The molecule has 3 rings (SSSR count). The van der Waals surface area contributed by atoms with Crippen molar-refractivity contribution in [3.8, 4) is 0 Å². The van der Waals surface area contributed by atoms with Crippen molar-refractivity contribution in [3.63, 3.8) is 0 Å². The Labute approximate surface area is 204 Å². The van der Waals surface area contributed by atoms with Gasteiger partial charge in [-0.15, -0.1) is 0 Å². The summed E-state index contributed by atoms with van der Waals surface area (Å²) in [6, 6.07) is 16.0. The fraction of sp³-hybridized carbons (Fsp3) is 0.346. The molecule has 184 valence electrons. The van der Waals surface area contributed by atoms with Crippen LogP contribution in [0.5, 0.6) is 0 Å². The molecule has 0 spiro atoms. The summed E-state index contributed by atoms with van der Waals surface area (Å²) in [5.41, 5.74) is 2.99. The zero-order valence-corrected chi connectivity index (χ0v) is 19.7. The molecular formula is C26H30N4O5. The maximum Gasteiger partial charge on any atom is 0.407 e. The number of carbonyl (C=O) groups is 3. The summed E-state index contributed by atoms with van der Waals surface area (Å²) in [5, 5.41) is 5.43. The maximum absolute atomic E-state index is 12.4. The number of nitrogens with zero attached hydrogens (tertiary/aromatic N) is 2. The van der Waals surface area contributed by atoms with Gasteiger partial charge in [-0.25, -0.2) is 14.6 Å². The summed E-state index contributed by atoms with van der Waals surface area (Å²) >= 11 is 0. The Morgan fingerprint density at radius 1 is 0.943 bits per heavy atom. The van der Waals surface area contributed by atoms with E-state index in [1.54, 1.807) is 6.20 Å². The van der Waals surface area contributed by atoms with Gasteiger partial charge in [-0.05, 0) is 30.5 Å². The Morgan fingerprint density at radius 3 is 2.46 bits per heavy atom. The number of carbonyl (C=O) groups excluding carboxylic acids is 3. The average Bonchev–Trinajstić information content (AvgIpc) is 2.89. The molecule has 2 N–H and O–H groups in total. The van der Waals surface area contributed by atoms with Crippen molar-refractivity contribution < 1.29 is 23.9 Å². The number of fused-ring (bicyclic) bond motifs is 1. The van der Waals surface area contributed by atoms with Crippen molar-refractivity contribution in [1.29, 1.82) is 0 Å². The van der Waals surface area contributed by atoms with Crippen LogP contribution in [0.1, 0.15) is 36.9 Å². The van der Waals surface area contributed by atoms with Crippen LogP contribution in [-0.4, -0.2) is 47.6 Å². The molecule has 0 bridgehead atoms. The van der Waals surface area contributed by atoms with E-state index >= 15 is 0 Å². The van der Waals surface area contributed by atoms with Gasteiger partial charge in [-0.3, -0.25) is 9.78 Å². The van der Waals surface area contributed by atoms with Gasteiger partial charge in [-0.1, -0.05) is 48.9 Å². The van der Waals surface area contributed by atoms with E-state index in [1.165, 1.54) is 7.11 Å². The number of amides is 2. The van der Waals surface area contributed by atoms with Gasteiger partial charge in [0.2, 0.25) is 5.91 Å². The molecule has 9 heteroatoms. The molecular weight excluding hydrogens is 448 g/mol. The number of hydrogen-bond donors (Lipinski definition) is 2. The van der Waals surface area contributed by atoms with E-state index in [4.69, 9.17) is 9.47 Å². The van der Waals surface area contributed by atoms with E-state index in [0.29, 0.717) is 25.1 Å². The first-order chi connectivity index (χ1) is 17.0. The largest absolute Gasteiger partial charge is 0.467 e. The molecule has 1 heterocycles. The Bertz CT molecular complexity index is 1120. The van der Waals surface area contributed by atoms with Crippen LogP contribution in [0.25, 0.3) is 11.0 Å². The number of methoxy groups -OCH3 is 1. The Balaban J connectivity index is 1.34. The average molecular weight is 479 g/mol. The summed E-state index contributed by atoms with van der Waals surface area (Å²) in [6.45, 7) is 0.680. The molecule has 2 amide bonds. The van der Waals surface area contributed by atoms with E-state index in [0.717, 1.165) is 23.0 Å². The minimum Gasteiger partial charge on any atom is -0.467 e. The molecule has 0 radical (unpaired) electrons. The van der Waals surface area contributed by atoms with Crippen LogP contribution >= 0.6 is 0 Å². The lowest BCUT2D eigenvalue weighted by Crippen LogP contribution is -2.43. The zero-order valence-electron chi connectivity index (χ0n) is 19.7. The Hall–Kier alpha value is -4.01. The van der Waals surface area contributed by atoms with Crippen LogP contribution in [0.4, 0.5) is 4.79 Å². The number of benzene rings is 2. The summed E-state index contributed by atoms with van der Waals surface area (Å²) in [4.78, 5) is 45.2. The highest BCUT2D eigenvalue weighted by Gasteiger charge is 2.22. The van der Waals surface area contributed by atoms with Gasteiger partial charge < -0.3 is 20.1 Å². The third-order valence-electron chi connectivity index (χ3n) is 5.30. The number of hydrogen-bond acceptors (Lipinski definition) is 7. The summed E-state index contributed by atoms with van der Waals surface area (Å²) in [7, 11) is 1.28. The lowest BCUT2D eigenvalue weighted by molar-refractivity contribution is -0.145. The summed E-state index contributed by atoms with van der Waals surface area (Å²) in [6.07, 6.45) is 3.65. The SMILES string of the molecule is COC(=O)[C@H](Cc1cnc2ccccc2n1)NC(=O)CCCCCNC(=O)OCc1ccccc1. The number of para-hydroxylation sites is 2. The van der Waals surface area contributed by atoms with Gasteiger partial charge in [0, 0.05) is 25.6 Å². The number of rotatable bonds is 12. The van der Waals surface area contributed by atoms with Gasteiger partial charge in [0.1, 0.15) is 12.6 Å². The normalized spacial score (nSPS) is 11.5. The number of aromatic nitrogens is 2. The highest BCUT2D eigenvalue weighted by atomic mass is 16.5. The van der Waals surface area contributed by atoms with Crippen molar-refractivity contribution in [2.24, 2.45) is 0 Å². The smallest absolute Gasteiger partial charge is 0.407 e. The fourth-order valence-electron chi connectivity index (χ4n) is 3.46. The standard InChI is InChI=1S/C26H30N4O5/c1-34-25(32)23(16-20-17-28-21-12-7-8-13-22(21)29-20)30-24(31)14-6-3-9-15-27-26(33)35-18-19-10-4-2-5-11-19/h2,4-5,7-8,10-13,17,23H,3,6,9,14-16,18H2,1H3,(H,27,33)(H,30,31)/t23-/m0/s1. The van der Waals surface area contributed by atoms with Crippen LogP contribution in [0, 0.1) is 0 Å². The van der Waals surface area contributed by atoms with E-state index in [1.807, 2.05) is 54.6 Å². The van der Waals surface area contributed by atoms with Gasteiger partial charge in [0.05, 0.1) is 23.8 Å². The van der Waals surface area contributed by atoms with E-state index in [9.17, 15) is 14.4 Å². The highest BCUT2D eigenvalue weighted by molar-refractivity contribution is 5.84. The number of unbranched alkanes of at least 4 members (excludes halogenated alkanes) is 2. The monoisotopic (exact) mass is 478 g/mol. The second-order valence-corrected chi connectivity index (χ2v) is 8.00. The number of ether oxygens (including phenoxy) is 2. The summed E-state index contributed by atoms with van der Waals surface area (Å²) in [5.74, 6) is -0.782. The third kappa shape index (κ3) is 8.69. The van der Waals surface area contributed by atoms with Crippen molar-refractivity contribution >= 4 is 29.0 Å². The minimum absolute atomic E-state index is 0.186. The topological polar surface area (TPSA) is 120 Å². The first kappa shape index (κ1) is 25.6. The van der Waals surface area contributed by atoms with Crippen LogP contribution in [0.2, 0.25) is 0 Å². The van der Waals surface area contributed by atoms with Crippen LogP contribution in [0.15, 0.2) is 60.8 Å². The van der Waals surface area contributed by atoms with Crippen molar-refractivity contribution in [2.45, 2.75) is 44.8 Å². The van der Waals surface area contributed by atoms with Crippen LogP contribution in [-0.2, 0) is 32.1 Å². The molecule has 3 aromatic rings. The molecule has 0 aliphatic heterocycles. The zero-order chi connectivity index (χ0) is 24.9. The maximum atomic E-state index is 12.4. The van der Waals surface area contributed by atoms with Gasteiger partial charge in [-0.2, -0.15) is 0 Å². The third-order valence-corrected chi connectivity index (χ3v) is 5.30. The molecule has 1 atom stereocenters. The molecule has 9 nitrogen and oxygen atoms in total. The quantitative estimate of drug-likeness (QED) is 0.303. The lowest BCUT2D eigenvalue weighted by Gasteiger charge is -2.16. The molecule has 0 aliphatic rings. The predicted molar refractivity (Wildman–Crippen MR) is 130 cm³/mol. The van der Waals surface area contributed by atoms with Crippen LogP contribution < -0.4 is 10.6 Å². The lowest BCUT2D eigenvalue weighted by atomic mass is 10.1. The second-order valence-electron chi connectivity index (χ2n) is 8.00. The van der Waals surface area contributed by atoms with Gasteiger partial charge in [0.15, 0.2) is 0 Å². The molecule has 1 aromatic heterocycles. The molecule has 0 saturated carbocycles. The first-order valence-electron chi connectivity index (χ1n) is 11.6. The first-order valence-corrected chi connectivity index (χ1v) is 11.6. The minimum atomic E-state index is -0.844. The Morgan fingerprint density at radius 2 is 1.69 bits per heavy atom. The molecule has 0 fully saturated rings. The molecule has 0 unspecified atom stereocenters. The number of esters is 1. The number of nitrogens with one attached hydrogen (secondary N) is 2. The molecule has 2 aromatic carbocycles. The predicted octanol–water partition coefficient (Wildman–Crippen LogP) is 3.32. The van der Waals surface area contributed by atoms with E-state index in [-0.39, 0.29) is 25.4 Å². The second kappa shape index (κ2) is 13.6. The van der Waals surface area contributed by atoms with Gasteiger partial charge in [0.25, 0.3) is 0 Å². The van der Waals surface area contributed by atoms with Crippen molar-refractivity contribution in [2.75, 3.05) is 13.7 Å². The van der Waals surface area contributed by atoms with Crippen molar-refractivity contribution in [3.05, 3.63) is 72.1 Å².